The Morgan fingerprint density at radius 1 is 1.03 bits per heavy atom. The highest BCUT2D eigenvalue weighted by atomic mass is 16.5. The van der Waals surface area contributed by atoms with Gasteiger partial charge in [0, 0.05) is 25.8 Å². The molecule has 3 aromatic rings. The summed E-state index contributed by atoms with van der Waals surface area (Å²) in [7, 11) is 3.99. The van der Waals surface area contributed by atoms with Crippen molar-refractivity contribution in [2.24, 2.45) is 5.73 Å². The summed E-state index contributed by atoms with van der Waals surface area (Å²) in [6.07, 6.45) is 1.81. The van der Waals surface area contributed by atoms with Crippen LogP contribution in [-0.2, 0) is 22.6 Å². The average molecular weight is 407 g/mol. The number of aromatic nitrogens is 2. The number of primary amides is 1. The maximum absolute atomic E-state index is 12.3. The van der Waals surface area contributed by atoms with Crippen molar-refractivity contribution < 1.29 is 14.3 Å². The smallest absolute Gasteiger partial charge is 0.263 e. The van der Waals surface area contributed by atoms with Gasteiger partial charge >= 0.3 is 0 Å². The third-order valence-corrected chi connectivity index (χ3v) is 4.44. The summed E-state index contributed by atoms with van der Waals surface area (Å²) in [5.74, 6) is 0.444. The molecule has 0 radical (unpaired) electrons. The second-order valence-corrected chi connectivity index (χ2v) is 7.06. The molecule has 156 valence electrons. The molecule has 1 aromatic heterocycles. The van der Waals surface area contributed by atoms with Crippen molar-refractivity contribution >= 4 is 23.3 Å². The van der Waals surface area contributed by atoms with Gasteiger partial charge < -0.3 is 20.7 Å². The number of nitrogens with one attached hydrogen (secondary N) is 1. The Morgan fingerprint density at radius 3 is 2.33 bits per heavy atom. The van der Waals surface area contributed by atoms with Gasteiger partial charge in [-0.25, -0.2) is 4.68 Å². The molecule has 0 spiro atoms. The van der Waals surface area contributed by atoms with Crippen molar-refractivity contribution in [3.05, 3.63) is 71.9 Å². The third kappa shape index (κ3) is 5.84. The Balaban J connectivity index is 1.53. The van der Waals surface area contributed by atoms with Crippen LogP contribution in [0, 0.1) is 0 Å². The van der Waals surface area contributed by atoms with Gasteiger partial charge in [-0.3, -0.25) is 9.59 Å². The second kappa shape index (κ2) is 9.60. The van der Waals surface area contributed by atoms with Crippen LogP contribution in [0.4, 0.5) is 11.5 Å². The number of nitrogens with two attached hydrogens (primary N) is 1. The number of rotatable bonds is 9. The number of carbonyl (C=O) groups is 2. The zero-order valence-corrected chi connectivity index (χ0v) is 17.0. The largest absolute Gasteiger partial charge is 0.484 e. The first-order chi connectivity index (χ1) is 14.4. The standard InChI is InChI=1S/C22H25N5O3/c1-26(2)18-7-3-17(4-8-18)14-27-21(11-12-24-27)25-22(29)15-30-19-9-5-16(6-10-19)13-20(23)28/h3-12H,13-15H2,1-2H3,(H2,23,28)(H,25,29). The zero-order valence-electron chi connectivity index (χ0n) is 17.0. The molecule has 0 aliphatic rings. The zero-order chi connectivity index (χ0) is 21.5. The summed E-state index contributed by atoms with van der Waals surface area (Å²) in [4.78, 5) is 25.2. The van der Waals surface area contributed by atoms with Gasteiger partial charge in [0.15, 0.2) is 6.61 Å². The van der Waals surface area contributed by atoms with Crippen LogP contribution in [0.25, 0.3) is 0 Å². The molecule has 0 atom stereocenters. The Bertz CT molecular complexity index is 994. The lowest BCUT2D eigenvalue weighted by atomic mass is 10.1. The maximum Gasteiger partial charge on any atom is 0.263 e. The lowest BCUT2D eigenvalue weighted by molar-refractivity contribution is -0.118. The molecular weight excluding hydrogens is 382 g/mol. The van der Waals surface area contributed by atoms with Crippen molar-refractivity contribution in [1.29, 1.82) is 0 Å². The van der Waals surface area contributed by atoms with Crippen molar-refractivity contribution in [2.75, 3.05) is 30.9 Å². The Kier molecular flexibility index (Phi) is 6.69. The summed E-state index contributed by atoms with van der Waals surface area (Å²) in [5.41, 5.74) is 8.16. The van der Waals surface area contributed by atoms with E-state index in [0.29, 0.717) is 18.1 Å². The molecule has 0 bridgehead atoms. The minimum Gasteiger partial charge on any atom is -0.484 e. The number of carbonyl (C=O) groups excluding carboxylic acids is 2. The van der Waals surface area contributed by atoms with E-state index in [2.05, 4.69) is 10.4 Å². The van der Waals surface area contributed by atoms with E-state index in [0.717, 1.165) is 16.8 Å². The average Bonchev–Trinajstić information content (AvgIpc) is 3.14. The van der Waals surface area contributed by atoms with Gasteiger partial charge in [0.05, 0.1) is 19.2 Å². The lowest BCUT2D eigenvalue weighted by Gasteiger charge is -2.13. The molecule has 2 aromatic carbocycles. The minimum atomic E-state index is -0.395. The lowest BCUT2D eigenvalue weighted by Crippen LogP contribution is -2.22. The monoisotopic (exact) mass is 407 g/mol. The molecule has 3 N–H and O–H groups in total. The molecule has 0 aliphatic carbocycles. The van der Waals surface area contributed by atoms with Gasteiger partial charge in [-0.05, 0) is 35.4 Å². The first-order valence-electron chi connectivity index (χ1n) is 9.48. The van der Waals surface area contributed by atoms with Crippen LogP contribution in [0.5, 0.6) is 5.75 Å². The molecule has 0 fully saturated rings. The van der Waals surface area contributed by atoms with Crippen LogP contribution in [0.2, 0.25) is 0 Å². The quantitative estimate of drug-likeness (QED) is 0.565. The van der Waals surface area contributed by atoms with Crippen molar-refractivity contribution in [3.8, 4) is 5.75 Å². The fourth-order valence-corrected chi connectivity index (χ4v) is 2.87. The number of nitrogens with zero attached hydrogens (tertiary/aromatic N) is 3. The van der Waals surface area contributed by atoms with Crippen LogP contribution < -0.4 is 20.7 Å². The van der Waals surface area contributed by atoms with Crippen molar-refractivity contribution in [1.82, 2.24) is 9.78 Å². The van der Waals surface area contributed by atoms with Crippen LogP contribution in [-0.4, -0.2) is 42.3 Å². The predicted molar refractivity (Wildman–Crippen MR) is 116 cm³/mol. The molecule has 8 nitrogen and oxygen atoms in total. The molecular formula is C22H25N5O3. The molecule has 8 heteroatoms. The third-order valence-electron chi connectivity index (χ3n) is 4.44. The number of anilines is 2. The normalized spacial score (nSPS) is 10.5. The molecule has 3 rings (SSSR count). The van der Waals surface area contributed by atoms with Gasteiger partial charge in [-0.1, -0.05) is 24.3 Å². The number of ether oxygens (including phenoxy) is 1. The van der Waals surface area contributed by atoms with E-state index in [-0.39, 0.29) is 18.9 Å². The van der Waals surface area contributed by atoms with E-state index < -0.39 is 5.91 Å². The van der Waals surface area contributed by atoms with Gasteiger partial charge in [-0.2, -0.15) is 5.10 Å². The molecule has 2 amide bonds. The molecule has 0 unspecified atom stereocenters. The van der Waals surface area contributed by atoms with E-state index in [1.54, 1.807) is 41.2 Å². The minimum absolute atomic E-state index is 0.141. The summed E-state index contributed by atoms with van der Waals surface area (Å²) in [5, 5.41) is 7.10. The van der Waals surface area contributed by atoms with E-state index >= 15 is 0 Å². The summed E-state index contributed by atoms with van der Waals surface area (Å²) < 4.78 is 7.23. The highest BCUT2D eigenvalue weighted by Gasteiger charge is 2.09. The van der Waals surface area contributed by atoms with Gasteiger partial charge in [0.2, 0.25) is 5.91 Å². The molecule has 1 heterocycles. The van der Waals surface area contributed by atoms with Crippen LogP contribution >= 0.6 is 0 Å². The van der Waals surface area contributed by atoms with Gasteiger partial charge in [0.1, 0.15) is 11.6 Å². The van der Waals surface area contributed by atoms with E-state index in [9.17, 15) is 9.59 Å². The highest BCUT2D eigenvalue weighted by molar-refractivity contribution is 5.91. The van der Waals surface area contributed by atoms with Crippen LogP contribution in [0.15, 0.2) is 60.8 Å². The first-order valence-corrected chi connectivity index (χ1v) is 9.48. The van der Waals surface area contributed by atoms with E-state index in [1.807, 2.05) is 43.3 Å². The fraction of sp³-hybridized carbons (Fsp3) is 0.227. The van der Waals surface area contributed by atoms with Crippen LogP contribution in [0.1, 0.15) is 11.1 Å². The molecule has 0 saturated carbocycles. The van der Waals surface area contributed by atoms with Crippen molar-refractivity contribution in [3.63, 3.8) is 0 Å². The topological polar surface area (TPSA) is 102 Å². The summed E-state index contributed by atoms with van der Waals surface area (Å²) in [6.45, 7) is 0.399. The second-order valence-electron chi connectivity index (χ2n) is 7.06. The fourth-order valence-electron chi connectivity index (χ4n) is 2.87. The number of hydrogen-bond acceptors (Lipinski definition) is 5. The van der Waals surface area contributed by atoms with Crippen LogP contribution in [0.3, 0.4) is 0 Å². The van der Waals surface area contributed by atoms with Gasteiger partial charge in [0.25, 0.3) is 5.91 Å². The first kappa shape index (κ1) is 20.9. The van der Waals surface area contributed by atoms with E-state index in [4.69, 9.17) is 10.5 Å². The number of amides is 2. The number of hydrogen-bond donors (Lipinski definition) is 2. The summed E-state index contributed by atoms with van der Waals surface area (Å²) in [6, 6.07) is 16.8. The predicted octanol–water partition coefficient (Wildman–Crippen LogP) is 2.04. The Morgan fingerprint density at radius 2 is 1.70 bits per heavy atom. The molecule has 0 saturated heterocycles. The molecule has 30 heavy (non-hydrogen) atoms. The van der Waals surface area contributed by atoms with E-state index in [1.165, 1.54) is 0 Å². The highest BCUT2D eigenvalue weighted by Crippen LogP contribution is 2.16. The molecule has 0 aliphatic heterocycles. The Labute approximate surface area is 175 Å². The van der Waals surface area contributed by atoms with Crippen molar-refractivity contribution in [2.45, 2.75) is 13.0 Å². The SMILES string of the molecule is CN(C)c1ccc(Cn2nccc2NC(=O)COc2ccc(CC(N)=O)cc2)cc1. The Hall–Kier alpha value is -3.81. The summed E-state index contributed by atoms with van der Waals surface area (Å²) >= 11 is 0. The van der Waals surface area contributed by atoms with Gasteiger partial charge in [-0.15, -0.1) is 0 Å². The maximum atomic E-state index is 12.3. The number of benzene rings is 2.